The molecule has 0 unspecified atom stereocenters. The maximum Gasteiger partial charge on any atom is 0.130 e. The van der Waals surface area contributed by atoms with E-state index in [0.29, 0.717) is 5.04 Å². The van der Waals surface area contributed by atoms with Gasteiger partial charge in [0.05, 0.1) is 27.9 Å². The van der Waals surface area contributed by atoms with Crippen molar-refractivity contribution in [3.8, 4) is 11.5 Å². The number of benzene rings is 1. The Labute approximate surface area is 124 Å². The average molecular weight is 292 g/mol. The van der Waals surface area contributed by atoms with Gasteiger partial charge in [-0.05, 0) is 29.7 Å². The van der Waals surface area contributed by atoms with Crippen LogP contribution in [0.1, 0.15) is 31.9 Å². The van der Waals surface area contributed by atoms with Crippen molar-refractivity contribution in [2.75, 3.05) is 14.2 Å². The molecular formula is C17H28O2Si. The highest BCUT2D eigenvalue weighted by molar-refractivity contribution is 6.85. The topological polar surface area (TPSA) is 18.5 Å². The van der Waals surface area contributed by atoms with Crippen LogP contribution in [-0.4, -0.2) is 22.3 Å². The number of hydrogen-bond donors (Lipinski definition) is 0. The molecule has 0 saturated carbocycles. The lowest BCUT2D eigenvalue weighted by Gasteiger charge is -2.34. The Kier molecular flexibility index (Phi) is 5.08. The van der Waals surface area contributed by atoms with Crippen molar-refractivity contribution in [2.45, 2.75) is 45.8 Å². The van der Waals surface area contributed by atoms with Crippen LogP contribution in [0, 0.1) is 6.92 Å². The third-order valence-corrected chi connectivity index (χ3v) is 9.15. The van der Waals surface area contributed by atoms with Gasteiger partial charge in [-0.1, -0.05) is 45.6 Å². The fourth-order valence-corrected chi connectivity index (χ4v) is 2.86. The summed E-state index contributed by atoms with van der Waals surface area (Å²) in [6, 6.07) is 4.10. The van der Waals surface area contributed by atoms with E-state index < -0.39 is 8.07 Å². The summed E-state index contributed by atoms with van der Waals surface area (Å²) in [4.78, 5) is 0. The van der Waals surface area contributed by atoms with Crippen LogP contribution in [0.5, 0.6) is 11.5 Å². The van der Waals surface area contributed by atoms with Crippen molar-refractivity contribution in [1.82, 2.24) is 0 Å². The molecule has 0 radical (unpaired) electrons. The zero-order valence-corrected chi connectivity index (χ0v) is 15.1. The minimum Gasteiger partial charge on any atom is -0.496 e. The molecule has 0 amide bonds. The molecule has 1 rings (SSSR count). The Bertz CT molecular complexity index is 471. The molecule has 0 spiro atoms. The average Bonchev–Trinajstić information content (AvgIpc) is 2.34. The number of methoxy groups -OCH3 is 2. The minimum absolute atomic E-state index is 0.328. The molecule has 0 bridgehead atoms. The van der Waals surface area contributed by atoms with E-state index in [9.17, 15) is 0 Å². The maximum atomic E-state index is 5.50. The van der Waals surface area contributed by atoms with E-state index in [4.69, 9.17) is 9.47 Å². The summed E-state index contributed by atoms with van der Waals surface area (Å²) >= 11 is 0. The maximum absolute atomic E-state index is 5.50. The standard InChI is InChI=1S/C17H28O2Si/c1-13-11-15(18-5)14(16(12-13)19-6)9-10-20(7,8)17(2,3)4/h9-12H,1-8H3/b10-9+. The fourth-order valence-electron chi connectivity index (χ4n) is 1.78. The smallest absolute Gasteiger partial charge is 0.130 e. The van der Waals surface area contributed by atoms with Gasteiger partial charge >= 0.3 is 0 Å². The quantitative estimate of drug-likeness (QED) is 0.721. The fraction of sp³-hybridized carbons (Fsp3) is 0.529. The first kappa shape index (κ1) is 16.8. The summed E-state index contributed by atoms with van der Waals surface area (Å²) in [5.41, 5.74) is 4.55. The van der Waals surface area contributed by atoms with Gasteiger partial charge in [-0.3, -0.25) is 0 Å². The molecular weight excluding hydrogens is 264 g/mol. The first-order valence-electron chi connectivity index (χ1n) is 7.04. The molecule has 0 heterocycles. The molecule has 112 valence electrons. The SMILES string of the molecule is COc1cc(C)cc(OC)c1/C=C/[Si](C)(C)C(C)(C)C. The second-order valence-electron chi connectivity index (χ2n) is 6.89. The number of ether oxygens (including phenoxy) is 2. The molecule has 0 aliphatic carbocycles. The molecule has 0 aliphatic heterocycles. The van der Waals surface area contributed by atoms with Gasteiger partial charge in [0.1, 0.15) is 11.5 Å². The van der Waals surface area contributed by atoms with Crippen LogP contribution in [0.3, 0.4) is 0 Å². The highest BCUT2D eigenvalue weighted by Gasteiger charge is 2.32. The molecule has 20 heavy (non-hydrogen) atoms. The van der Waals surface area contributed by atoms with E-state index >= 15 is 0 Å². The molecule has 3 heteroatoms. The number of rotatable bonds is 4. The van der Waals surface area contributed by atoms with Crippen molar-refractivity contribution in [2.24, 2.45) is 0 Å². The Morgan fingerprint density at radius 3 is 1.80 bits per heavy atom. The highest BCUT2D eigenvalue weighted by atomic mass is 28.3. The van der Waals surface area contributed by atoms with Crippen LogP contribution >= 0.6 is 0 Å². The molecule has 0 saturated heterocycles. The van der Waals surface area contributed by atoms with Crippen molar-refractivity contribution >= 4 is 14.1 Å². The van der Waals surface area contributed by atoms with Gasteiger partial charge in [-0.2, -0.15) is 0 Å². The highest BCUT2D eigenvalue weighted by Crippen LogP contribution is 2.38. The zero-order valence-electron chi connectivity index (χ0n) is 14.1. The summed E-state index contributed by atoms with van der Waals surface area (Å²) < 4.78 is 11.0. The lowest BCUT2D eigenvalue weighted by molar-refractivity contribution is 0.392. The zero-order chi connectivity index (χ0) is 15.6. The van der Waals surface area contributed by atoms with Crippen LogP contribution in [0.4, 0.5) is 0 Å². The van der Waals surface area contributed by atoms with E-state index in [0.717, 1.165) is 22.6 Å². The van der Waals surface area contributed by atoms with Gasteiger partial charge < -0.3 is 9.47 Å². The number of hydrogen-bond acceptors (Lipinski definition) is 2. The van der Waals surface area contributed by atoms with Gasteiger partial charge in [0.15, 0.2) is 0 Å². The predicted molar refractivity (Wildman–Crippen MR) is 90.5 cm³/mol. The first-order valence-corrected chi connectivity index (χ1v) is 10.1. The van der Waals surface area contributed by atoms with Gasteiger partial charge in [0, 0.05) is 0 Å². The van der Waals surface area contributed by atoms with Gasteiger partial charge in [0.25, 0.3) is 0 Å². The molecule has 0 N–H and O–H groups in total. The molecule has 2 nitrogen and oxygen atoms in total. The summed E-state index contributed by atoms with van der Waals surface area (Å²) in [7, 11) is 1.95. The lowest BCUT2D eigenvalue weighted by atomic mass is 10.1. The summed E-state index contributed by atoms with van der Waals surface area (Å²) in [6.07, 6.45) is 2.18. The van der Waals surface area contributed by atoms with Crippen molar-refractivity contribution in [3.63, 3.8) is 0 Å². The molecule has 0 aromatic heterocycles. The molecule has 0 atom stereocenters. The molecule has 0 fully saturated rings. The largest absolute Gasteiger partial charge is 0.496 e. The van der Waals surface area contributed by atoms with Crippen molar-refractivity contribution in [3.05, 3.63) is 29.0 Å². The second kappa shape index (κ2) is 6.04. The van der Waals surface area contributed by atoms with Crippen LogP contribution in [0.25, 0.3) is 6.08 Å². The second-order valence-corrected chi connectivity index (χ2v) is 12.2. The third kappa shape index (κ3) is 3.66. The normalized spacial score (nSPS) is 12.8. The van der Waals surface area contributed by atoms with Gasteiger partial charge in [0.2, 0.25) is 0 Å². The van der Waals surface area contributed by atoms with Crippen LogP contribution < -0.4 is 9.47 Å². The monoisotopic (exact) mass is 292 g/mol. The number of aryl methyl sites for hydroxylation is 1. The Morgan fingerprint density at radius 2 is 1.45 bits per heavy atom. The molecule has 1 aromatic carbocycles. The predicted octanol–water partition coefficient (Wildman–Crippen LogP) is 5.07. The van der Waals surface area contributed by atoms with Crippen LogP contribution in [-0.2, 0) is 0 Å². The summed E-state index contributed by atoms with van der Waals surface area (Å²) in [5.74, 6) is 1.74. The summed E-state index contributed by atoms with van der Waals surface area (Å²) in [6.45, 7) is 13.8. The van der Waals surface area contributed by atoms with Gasteiger partial charge in [-0.15, -0.1) is 0 Å². The van der Waals surface area contributed by atoms with Crippen LogP contribution in [0.2, 0.25) is 18.1 Å². The van der Waals surface area contributed by atoms with E-state index in [-0.39, 0.29) is 0 Å². The Balaban J connectivity index is 3.27. The lowest BCUT2D eigenvalue weighted by Crippen LogP contribution is -2.34. The minimum atomic E-state index is -1.46. The van der Waals surface area contributed by atoms with Crippen molar-refractivity contribution in [1.29, 1.82) is 0 Å². The van der Waals surface area contributed by atoms with Crippen molar-refractivity contribution < 1.29 is 9.47 Å². The van der Waals surface area contributed by atoms with E-state index in [1.165, 1.54) is 0 Å². The molecule has 0 aliphatic rings. The summed E-state index contributed by atoms with van der Waals surface area (Å²) in [5, 5.41) is 0.328. The first-order chi connectivity index (χ1) is 9.12. The van der Waals surface area contributed by atoms with E-state index in [2.05, 4.69) is 45.6 Å². The Morgan fingerprint density at radius 1 is 1.00 bits per heavy atom. The van der Waals surface area contributed by atoms with E-state index in [1.54, 1.807) is 14.2 Å². The third-order valence-electron chi connectivity index (χ3n) is 4.29. The van der Waals surface area contributed by atoms with Crippen LogP contribution in [0.15, 0.2) is 17.8 Å². The Hall–Kier alpha value is -1.22. The molecule has 1 aromatic rings. The van der Waals surface area contributed by atoms with E-state index in [1.807, 2.05) is 19.1 Å². The van der Waals surface area contributed by atoms with Gasteiger partial charge in [-0.25, -0.2) is 0 Å².